The number of ether oxygens (including phenoxy) is 1. The number of aliphatic carboxylic acids is 1. The van der Waals surface area contributed by atoms with Crippen LogP contribution >= 0.6 is 11.6 Å². The molecule has 236 valence electrons. The lowest BCUT2D eigenvalue weighted by Crippen LogP contribution is -2.41. The summed E-state index contributed by atoms with van der Waals surface area (Å²) in [6, 6.07) is 14.1. The van der Waals surface area contributed by atoms with E-state index in [-0.39, 0.29) is 28.5 Å². The van der Waals surface area contributed by atoms with Gasteiger partial charge in [0.1, 0.15) is 11.9 Å². The zero-order valence-electron chi connectivity index (χ0n) is 24.3. The molecule has 2 aliphatic heterocycles. The second-order valence-electron chi connectivity index (χ2n) is 11.6. The summed E-state index contributed by atoms with van der Waals surface area (Å²) < 4.78 is 51.3. The Morgan fingerprint density at radius 1 is 1.13 bits per heavy atom. The van der Waals surface area contributed by atoms with Gasteiger partial charge in [-0.05, 0) is 67.0 Å². The predicted octanol–water partition coefficient (Wildman–Crippen LogP) is 5.59. The molecule has 2 aliphatic rings. The molecule has 45 heavy (non-hydrogen) atoms. The number of hydrogen-bond acceptors (Lipinski definition) is 8. The Balaban J connectivity index is 1.30. The number of hydrogen-bond donors (Lipinski definition) is 3. The molecule has 2 atom stereocenters. The first-order valence-electron chi connectivity index (χ1n) is 14.4. The number of aryl methyl sites for hydroxylation is 1. The van der Waals surface area contributed by atoms with Gasteiger partial charge in [0.05, 0.1) is 11.4 Å². The first-order chi connectivity index (χ1) is 21.4. The second kappa shape index (κ2) is 11.9. The molecule has 0 aliphatic carbocycles. The van der Waals surface area contributed by atoms with E-state index < -0.39 is 24.3 Å². The Kier molecular flexibility index (Phi) is 8.08. The van der Waals surface area contributed by atoms with Crippen molar-refractivity contribution in [2.75, 3.05) is 30.3 Å². The van der Waals surface area contributed by atoms with Crippen LogP contribution in [0.15, 0.2) is 60.8 Å². The quantitative estimate of drug-likeness (QED) is 0.236. The SMILES string of the molecule is Cc1ccn(-c2cc(-c3cccc(Cl)c3)ccc2[C@@H](Oc2cc(N3CCC4(CC3)CNC(C(=O)O)C4)nc(N)n2)C(F)(F)F)n1. The molecule has 0 amide bonds. The van der Waals surface area contributed by atoms with Gasteiger partial charge in [-0.25, -0.2) is 4.68 Å². The summed E-state index contributed by atoms with van der Waals surface area (Å²) in [5.41, 5.74) is 7.82. The first-order valence-corrected chi connectivity index (χ1v) is 14.8. The topological polar surface area (TPSA) is 131 Å². The summed E-state index contributed by atoms with van der Waals surface area (Å²) in [5, 5.41) is 17.3. The molecule has 4 aromatic rings. The maximum Gasteiger partial charge on any atom is 0.429 e. The van der Waals surface area contributed by atoms with Crippen LogP contribution in [0.4, 0.5) is 24.9 Å². The number of rotatable bonds is 7. The lowest BCUT2D eigenvalue weighted by atomic mass is 9.76. The van der Waals surface area contributed by atoms with Gasteiger partial charge < -0.3 is 25.8 Å². The molecule has 1 spiro atoms. The summed E-state index contributed by atoms with van der Waals surface area (Å²) in [4.78, 5) is 21.6. The monoisotopic (exact) mass is 641 g/mol. The lowest BCUT2D eigenvalue weighted by Gasteiger charge is -2.39. The maximum atomic E-state index is 14.8. The molecule has 6 rings (SSSR count). The van der Waals surface area contributed by atoms with Crippen molar-refractivity contribution in [3.05, 3.63) is 77.1 Å². The van der Waals surface area contributed by atoms with Gasteiger partial charge in [0.15, 0.2) is 0 Å². The van der Waals surface area contributed by atoms with Crippen LogP contribution in [0.25, 0.3) is 16.8 Å². The number of nitrogens with two attached hydrogens (primary N) is 1. The second-order valence-corrected chi connectivity index (χ2v) is 12.0. The van der Waals surface area contributed by atoms with Crippen molar-refractivity contribution >= 4 is 29.3 Å². The highest BCUT2D eigenvalue weighted by molar-refractivity contribution is 6.30. The molecule has 2 aromatic carbocycles. The van der Waals surface area contributed by atoms with Crippen molar-refractivity contribution < 1.29 is 27.8 Å². The molecule has 2 aromatic heterocycles. The average molecular weight is 642 g/mol. The third kappa shape index (κ3) is 6.54. The zero-order valence-corrected chi connectivity index (χ0v) is 25.0. The van der Waals surface area contributed by atoms with Crippen molar-refractivity contribution in [3.63, 3.8) is 0 Å². The van der Waals surface area contributed by atoms with Gasteiger partial charge in [0.2, 0.25) is 17.9 Å². The molecular formula is C31H31ClF3N7O3. The molecule has 0 radical (unpaired) electrons. The van der Waals surface area contributed by atoms with Crippen LogP contribution in [0.5, 0.6) is 5.88 Å². The van der Waals surface area contributed by atoms with Gasteiger partial charge in [0, 0.05) is 42.5 Å². The van der Waals surface area contributed by atoms with E-state index in [9.17, 15) is 23.1 Å². The van der Waals surface area contributed by atoms with Gasteiger partial charge in [-0.2, -0.15) is 28.2 Å². The third-order valence-corrected chi connectivity index (χ3v) is 8.72. The van der Waals surface area contributed by atoms with Crippen LogP contribution in [-0.4, -0.2) is 62.7 Å². The first kappa shape index (κ1) is 30.7. The summed E-state index contributed by atoms with van der Waals surface area (Å²) >= 11 is 6.18. The number of carboxylic acids is 1. The Morgan fingerprint density at radius 3 is 2.53 bits per heavy atom. The van der Waals surface area contributed by atoms with Gasteiger partial charge in [-0.3, -0.25) is 4.79 Å². The number of nitrogens with zero attached hydrogens (tertiary/aromatic N) is 5. The number of benzene rings is 2. The van der Waals surface area contributed by atoms with E-state index in [1.807, 2.05) is 11.0 Å². The average Bonchev–Trinajstić information content (AvgIpc) is 3.62. The highest BCUT2D eigenvalue weighted by Gasteiger charge is 2.46. The molecule has 10 nitrogen and oxygen atoms in total. The van der Waals surface area contributed by atoms with Crippen molar-refractivity contribution in [1.29, 1.82) is 0 Å². The molecule has 4 heterocycles. The number of aromatic nitrogens is 4. The van der Waals surface area contributed by atoms with E-state index in [4.69, 9.17) is 22.1 Å². The van der Waals surface area contributed by atoms with Crippen LogP contribution in [0.1, 0.15) is 36.6 Å². The largest absolute Gasteiger partial charge is 0.480 e. The highest BCUT2D eigenvalue weighted by Crippen LogP contribution is 2.43. The minimum atomic E-state index is -4.83. The highest BCUT2D eigenvalue weighted by atomic mass is 35.5. The number of nitrogen functional groups attached to an aromatic ring is 1. The van der Waals surface area contributed by atoms with Gasteiger partial charge in [0.25, 0.3) is 0 Å². The lowest BCUT2D eigenvalue weighted by molar-refractivity contribution is -0.198. The Hall–Kier alpha value is -4.36. The van der Waals surface area contributed by atoms with E-state index in [1.54, 1.807) is 49.5 Å². The molecular weight excluding hydrogens is 611 g/mol. The summed E-state index contributed by atoms with van der Waals surface area (Å²) in [6.07, 6.45) is -3.73. The van der Waals surface area contributed by atoms with Crippen LogP contribution in [0, 0.1) is 12.3 Å². The Labute approximate surface area is 262 Å². The standard InChI is InChI=1S/C31H31ClF3N7O3/c1-18-7-10-42(40-18)24-14-20(19-3-2-4-21(32)13-19)5-6-22(24)27(31(33,34)35)45-26-15-25(38-29(36)39-26)41-11-8-30(9-12-41)16-23(28(43)44)37-17-30/h2-7,10,13-15,23,27,37H,8-9,11-12,16-17H2,1H3,(H,43,44)(H2,36,38,39)/t23?,27-/m1/s1. The number of carboxylic acid groups (broad SMARTS) is 1. The molecule has 0 saturated carbocycles. The number of alkyl halides is 3. The van der Waals surface area contributed by atoms with E-state index >= 15 is 0 Å². The van der Waals surface area contributed by atoms with Crippen molar-refractivity contribution in [2.24, 2.45) is 5.41 Å². The smallest absolute Gasteiger partial charge is 0.429 e. The number of nitrogens with one attached hydrogen (secondary N) is 1. The molecule has 1 unspecified atom stereocenters. The molecule has 2 fully saturated rings. The fourth-order valence-electron chi connectivity index (χ4n) is 6.12. The minimum absolute atomic E-state index is 0.155. The van der Waals surface area contributed by atoms with E-state index in [2.05, 4.69) is 20.4 Å². The minimum Gasteiger partial charge on any atom is -0.480 e. The molecule has 0 bridgehead atoms. The van der Waals surface area contributed by atoms with Crippen LogP contribution in [-0.2, 0) is 4.79 Å². The van der Waals surface area contributed by atoms with E-state index in [0.717, 1.165) is 5.56 Å². The Bertz CT molecular complexity index is 1720. The predicted molar refractivity (Wildman–Crippen MR) is 163 cm³/mol. The van der Waals surface area contributed by atoms with Gasteiger partial charge >= 0.3 is 12.1 Å². The zero-order chi connectivity index (χ0) is 31.9. The summed E-state index contributed by atoms with van der Waals surface area (Å²) in [5.74, 6) is -1.08. The third-order valence-electron chi connectivity index (χ3n) is 8.49. The number of piperidine rings is 1. The van der Waals surface area contributed by atoms with Crippen LogP contribution < -0.4 is 20.7 Å². The molecule has 2 saturated heterocycles. The molecule has 4 N–H and O–H groups in total. The Morgan fingerprint density at radius 2 is 1.89 bits per heavy atom. The molecule has 14 heteroatoms. The summed E-state index contributed by atoms with van der Waals surface area (Å²) in [7, 11) is 0. The van der Waals surface area contributed by atoms with E-state index in [1.165, 1.54) is 16.8 Å². The van der Waals surface area contributed by atoms with Crippen LogP contribution in [0.2, 0.25) is 5.02 Å². The van der Waals surface area contributed by atoms with E-state index in [0.29, 0.717) is 61.0 Å². The maximum absolute atomic E-state index is 14.8. The fraction of sp³-hybridized carbons (Fsp3) is 0.355. The van der Waals surface area contributed by atoms with Crippen molar-refractivity contribution in [3.8, 4) is 22.7 Å². The van der Waals surface area contributed by atoms with Gasteiger partial charge in [-0.15, -0.1) is 0 Å². The van der Waals surface area contributed by atoms with Crippen molar-refractivity contribution in [1.82, 2.24) is 25.1 Å². The van der Waals surface area contributed by atoms with Gasteiger partial charge in [-0.1, -0.05) is 35.9 Å². The normalized spacial score (nSPS) is 18.7. The van der Waals surface area contributed by atoms with Crippen LogP contribution in [0.3, 0.4) is 0 Å². The fourth-order valence-corrected chi connectivity index (χ4v) is 6.31. The number of carbonyl (C=O) groups is 1. The number of anilines is 2. The number of halogens is 4. The van der Waals surface area contributed by atoms with Crippen molar-refractivity contribution in [2.45, 2.75) is 44.5 Å². The summed E-state index contributed by atoms with van der Waals surface area (Å²) in [6.45, 7) is 3.40.